The van der Waals surface area contributed by atoms with Gasteiger partial charge in [0.25, 0.3) is 5.91 Å². The number of anilines is 1. The van der Waals surface area contributed by atoms with Gasteiger partial charge in [-0.2, -0.15) is 0 Å². The van der Waals surface area contributed by atoms with Crippen molar-refractivity contribution >= 4 is 40.9 Å². The van der Waals surface area contributed by atoms with Crippen LogP contribution in [0.3, 0.4) is 0 Å². The molecule has 1 aliphatic rings. The summed E-state index contributed by atoms with van der Waals surface area (Å²) in [5.74, 6) is 0.133. The van der Waals surface area contributed by atoms with E-state index in [1.54, 1.807) is 29.2 Å². The Morgan fingerprint density at radius 1 is 1.03 bits per heavy atom. The topological polar surface area (TPSA) is 55.8 Å². The Hall–Kier alpha value is -3.83. The maximum Gasteiger partial charge on any atom is 0.338 e. The van der Waals surface area contributed by atoms with Gasteiger partial charge in [-0.15, -0.1) is 0 Å². The van der Waals surface area contributed by atoms with Crippen LogP contribution in [0.5, 0.6) is 5.75 Å². The van der Waals surface area contributed by atoms with E-state index in [0.717, 1.165) is 16.9 Å². The molecule has 34 heavy (non-hydrogen) atoms. The second-order valence-corrected chi connectivity index (χ2v) is 8.16. The minimum atomic E-state index is -0.451. The molecule has 172 valence electrons. The number of rotatable bonds is 6. The van der Waals surface area contributed by atoms with Gasteiger partial charge in [0.15, 0.2) is 0 Å². The van der Waals surface area contributed by atoms with Gasteiger partial charge in [0.05, 0.1) is 30.7 Å². The number of benzene rings is 3. The smallest absolute Gasteiger partial charge is 0.338 e. The highest BCUT2D eigenvalue weighted by Crippen LogP contribution is 2.38. The third-order valence-corrected chi connectivity index (χ3v) is 5.84. The van der Waals surface area contributed by atoms with Crippen LogP contribution in [0, 0.1) is 6.92 Å². The summed E-state index contributed by atoms with van der Waals surface area (Å²) in [6.45, 7) is 4.33. The molecule has 0 radical (unpaired) electrons. The van der Waals surface area contributed by atoms with E-state index in [-0.39, 0.29) is 5.91 Å². The molecule has 5 nitrogen and oxygen atoms in total. The second kappa shape index (κ2) is 9.98. The molecule has 0 atom stereocenters. The lowest BCUT2D eigenvalue weighted by atomic mass is 10.0. The van der Waals surface area contributed by atoms with Crippen LogP contribution in [0.1, 0.15) is 34.0 Å². The Morgan fingerprint density at radius 3 is 2.38 bits per heavy atom. The maximum absolute atomic E-state index is 13.7. The van der Waals surface area contributed by atoms with Gasteiger partial charge < -0.3 is 9.47 Å². The molecule has 0 aromatic heterocycles. The Kier molecular flexibility index (Phi) is 6.85. The molecule has 6 heteroatoms. The maximum atomic E-state index is 13.7. The first-order valence-corrected chi connectivity index (χ1v) is 11.2. The molecule has 1 amide bonds. The summed E-state index contributed by atoms with van der Waals surface area (Å²) in [5, 5.41) is 0.606. The van der Waals surface area contributed by atoms with E-state index in [1.165, 1.54) is 7.11 Å². The lowest BCUT2D eigenvalue weighted by molar-refractivity contribution is -0.113. The van der Waals surface area contributed by atoms with Crippen molar-refractivity contribution in [1.82, 2.24) is 0 Å². The van der Waals surface area contributed by atoms with Crippen molar-refractivity contribution in [3.8, 4) is 5.75 Å². The molecule has 0 saturated heterocycles. The van der Waals surface area contributed by atoms with E-state index in [1.807, 2.05) is 68.5 Å². The molecular formula is C28H24ClNO4. The van der Waals surface area contributed by atoms with Crippen molar-refractivity contribution in [2.45, 2.75) is 13.8 Å². The zero-order valence-electron chi connectivity index (χ0n) is 19.2. The molecule has 0 bridgehead atoms. The van der Waals surface area contributed by atoms with Crippen LogP contribution in [-0.2, 0) is 9.53 Å². The van der Waals surface area contributed by atoms with Crippen LogP contribution in [0.2, 0.25) is 5.02 Å². The molecule has 0 spiro atoms. The van der Waals surface area contributed by atoms with Gasteiger partial charge in [0, 0.05) is 10.6 Å². The molecule has 1 aliphatic heterocycles. The summed E-state index contributed by atoms with van der Waals surface area (Å²) in [6, 6.07) is 20.1. The zero-order valence-corrected chi connectivity index (χ0v) is 19.9. The summed E-state index contributed by atoms with van der Waals surface area (Å²) in [5.41, 5.74) is 4.61. The van der Waals surface area contributed by atoms with Crippen molar-refractivity contribution in [2.24, 2.45) is 0 Å². The van der Waals surface area contributed by atoms with Crippen LogP contribution in [-0.4, -0.2) is 25.6 Å². The highest BCUT2D eigenvalue weighted by atomic mass is 35.5. The minimum Gasteiger partial charge on any atom is -0.494 e. The third kappa shape index (κ3) is 4.61. The number of halogens is 1. The second-order valence-electron chi connectivity index (χ2n) is 7.72. The van der Waals surface area contributed by atoms with Crippen LogP contribution < -0.4 is 9.64 Å². The van der Waals surface area contributed by atoms with Crippen molar-refractivity contribution in [1.29, 1.82) is 0 Å². The number of carbonyl (C=O) groups excluding carboxylic acids is 2. The third-order valence-electron chi connectivity index (χ3n) is 5.59. The zero-order chi connectivity index (χ0) is 24.2. The normalized spacial score (nSPS) is 14.4. The molecule has 0 fully saturated rings. The van der Waals surface area contributed by atoms with Gasteiger partial charge in [0.2, 0.25) is 0 Å². The van der Waals surface area contributed by atoms with E-state index in [0.29, 0.717) is 39.7 Å². The monoisotopic (exact) mass is 473 g/mol. The van der Waals surface area contributed by atoms with Crippen molar-refractivity contribution in [3.05, 3.63) is 106 Å². The SMILES string of the molecule is CCOc1ccc(/C=C2\C=C(c3ccc(Cl)cc3)N(c3cccc(C(=O)OC)c3C)C2=O)cc1. The number of hydrogen-bond acceptors (Lipinski definition) is 4. The number of methoxy groups -OCH3 is 1. The molecule has 0 N–H and O–H groups in total. The van der Waals surface area contributed by atoms with Gasteiger partial charge in [-0.1, -0.05) is 41.9 Å². The lowest BCUT2D eigenvalue weighted by Gasteiger charge is -2.23. The molecule has 0 aliphatic carbocycles. The first kappa shape index (κ1) is 23.3. The summed E-state index contributed by atoms with van der Waals surface area (Å²) < 4.78 is 10.4. The van der Waals surface area contributed by atoms with Crippen LogP contribution in [0.4, 0.5) is 5.69 Å². The minimum absolute atomic E-state index is 0.191. The fraction of sp³-hybridized carbons (Fsp3) is 0.143. The van der Waals surface area contributed by atoms with Crippen LogP contribution in [0.15, 0.2) is 78.4 Å². The predicted molar refractivity (Wildman–Crippen MR) is 135 cm³/mol. The fourth-order valence-corrected chi connectivity index (χ4v) is 4.02. The van der Waals surface area contributed by atoms with E-state index >= 15 is 0 Å². The van der Waals surface area contributed by atoms with Crippen molar-refractivity contribution < 1.29 is 19.1 Å². The van der Waals surface area contributed by atoms with E-state index in [2.05, 4.69) is 0 Å². The lowest BCUT2D eigenvalue weighted by Crippen LogP contribution is -2.26. The average Bonchev–Trinajstić information content (AvgIpc) is 3.16. The Morgan fingerprint density at radius 2 is 1.74 bits per heavy atom. The van der Waals surface area contributed by atoms with E-state index in [4.69, 9.17) is 21.1 Å². The van der Waals surface area contributed by atoms with Crippen LogP contribution in [0.25, 0.3) is 11.8 Å². The number of ether oxygens (including phenoxy) is 2. The highest BCUT2D eigenvalue weighted by molar-refractivity contribution is 6.30. The number of carbonyl (C=O) groups is 2. The highest BCUT2D eigenvalue weighted by Gasteiger charge is 2.32. The van der Waals surface area contributed by atoms with E-state index in [9.17, 15) is 9.59 Å². The molecule has 0 saturated carbocycles. The quantitative estimate of drug-likeness (QED) is 0.311. The number of esters is 1. The standard InChI is InChI=1S/C28H24ClNO4/c1-4-34-23-14-8-19(9-15-23)16-21-17-26(20-10-12-22(29)13-11-20)30(27(21)31)25-7-5-6-24(18(25)2)28(32)33-3/h5-17H,4H2,1-3H3/b21-16+. The summed E-state index contributed by atoms with van der Waals surface area (Å²) in [7, 11) is 1.34. The summed E-state index contributed by atoms with van der Waals surface area (Å²) >= 11 is 6.10. The van der Waals surface area contributed by atoms with Gasteiger partial charge >= 0.3 is 5.97 Å². The molecule has 4 rings (SSSR count). The van der Waals surface area contributed by atoms with Crippen molar-refractivity contribution in [3.63, 3.8) is 0 Å². The van der Waals surface area contributed by atoms with Crippen LogP contribution >= 0.6 is 11.6 Å². The largest absolute Gasteiger partial charge is 0.494 e. The Labute approximate surface area is 203 Å². The molecule has 3 aromatic rings. The van der Waals surface area contributed by atoms with E-state index < -0.39 is 5.97 Å². The first-order valence-electron chi connectivity index (χ1n) is 10.9. The number of nitrogens with zero attached hydrogens (tertiary/aromatic N) is 1. The number of amides is 1. The molecule has 0 unspecified atom stereocenters. The predicted octanol–water partition coefficient (Wildman–Crippen LogP) is 6.31. The summed E-state index contributed by atoms with van der Waals surface area (Å²) in [6.07, 6.45) is 3.69. The first-order chi connectivity index (χ1) is 16.4. The van der Waals surface area contributed by atoms with Gasteiger partial charge in [0.1, 0.15) is 5.75 Å². The average molecular weight is 474 g/mol. The Balaban J connectivity index is 1.81. The summed E-state index contributed by atoms with van der Waals surface area (Å²) in [4.78, 5) is 27.6. The van der Waals surface area contributed by atoms with Gasteiger partial charge in [-0.25, -0.2) is 4.79 Å². The van der Waals surface area contributed by atoms with Gasteiger partial charge in [-0.05, 0) is 79.1 Å². The number of hydrogen-bond donors (Lipinski definition) is 0. The Bertz CT molecular complexity index is 1290. The molecule has 1 heterocycles. The molecular weight excluding hydrogens is 450 g/mol. The van der Waals surface area contributed by atoms with Gasteiger partial charge in [-0.3, -0.25) is 9.69 Å². The fourth-order valence-electron chi connectivity index (χ4n) is 3.89. The molecule has 3 aromatic carbocycles. The van der Waals surface area contributed by atoms with Crippen molar-refractivity contribution in [2.75, 3.05) is 18.6 Å².